The molecule has 1 aliphatic rings. The van der Waals surface area contributed by atoms with Crippen LogP contribution in [0.1, 0.15) is 11.1 Å². The van der Waals surface area contributed by atoms with Gasteiger partial charge in [0.15, 0.2) is 0 Å². The van der Waals surface area contributed by atoms with Gasteiger partial charge in [-0.15, -0.1) is 0 Å². The normalized spacial score (nSPS) is 16.8. The topological polar surface area (TPSA) is 61.3 Å². The second-order valence-corrected chi connectivity index (χ2v) is 5.37. The average molecular weight is 284 g/mol. The van der Waals surface area contributed by atoms with Gasteiger partial charge in [-0.2, -0.15) is 0 Å². The van der Waals surface area contributed by atoms with Crippen LogP contribution in [0.2, 0.25) is 0 Å². The van der Waals surface area contributed by atoms with Gasteiger partial charge in [-0.3, -0.25) is 14.9 Å². The quantitative estimate of drug-likeness (QED) is 0.862. The zero-order valence-electron chi connectivity index (χ0n) is 11.9. The summed E-state index contributed by atoms with van der Waals surface area (Å²) in [6, 6.07) is 7.55. The molecule has 0 amide bonds. The highest BCUT2D eigenvalue weighted by Crippen LogP contribution is 2.29. The number of nitrogens with one attached hydrogen (secondary N) is 1. The number of β-amino-alcohol motifs (C(OH)–C–C–N with tert-alkyl or cyclic N) is 1. The fourth-order valence-corrected chi connectivity index (χ4v) is 2.76. The van der Waals surface area contributed by atoms with Crippen LogP contribution >= 0.6 is 0 Å². The molecule has 0 bridgehead atoms. The highest BCUT2D eigenvalue weighted by atomic mass is 16.3. The van der Waals surface area contributed by atoms with Crippen molar-refractivity contribution in [2.75, 3.05) is 32.7 Å². The molecule has 0 atom stereocenters. The lowest BCUT2D eigenvalue weighted by molar-refractivity contribution is 0.0311. The van der Waals surface area contributed by atoms with Crippen molar-refractivity contribution in [2.24, 2.45) is 0 Å². The van der Waals surface area contributed by atoms with Gasteiger partial charge in [0.1, 0.15) is 5.60 Å². The van der Waals surface area contributed by atoms with Gasteiger partial charge in [0.2, 0.25) is 0 Å². The number of nitrogens with zero attached hydrogens (tertiary/aromatic N) is 3. The fraction of sp³-hybridized carbons (Fsp3) is 0.375. The molecule has 21 heavy (non-hydrogen) atoms. The van der Waals surface area contributed by atoms with Crippen LogP contribution < -0.4 is 5.32 Å². The summed E-state index contributed by atoms with van der Waals surface area (Å²) in [6.07, 6.45) is 6.90. The van der Waals surface area contributed by atoms with Crippen molar-refractivity contribution in [3.8, 4) is 0 Å². The predicted molar refractivity (Wildman–Crippen MR) is 80.8 cm³/mol. The molecular weight excluding hydrogens is 264 g/mol. The minimum atomic E-state index is -1.08. The molecule has 0 spiro atoms. The fourth-order valence-electron chi connectivity index (χ4n) is 2.76. The third kappa shape index (κ3) is 3.10. The van der Waals surface area contributed by atoms with E-state index in [-0.39, 0.29) is 0 Å². The molecule has 2 aromatic rings. The monoisotopic (exact) mass is 284 g/mol. The van der Waals surface area contributed by atoms with Crippen molar-refractivity contribution < 1.29 is 5.11 Å². The Balaban J connectivity index is 1.94. The van der Waals surface area contributed by atoms with Gasteiger partial charge in [0.25, 0.3) is 0 Å². The van der Waals surface area contributed by atoms with E-state index in [0.717, 1.165) is 37.3 Å². The number of rotatable bonds is 4. The molecule has 5 nitrogen and oxygen atoms in total. The Morgan fingerprint density at radius 3 is 2.10 bits per heavy atom. The largest absolute Gasteiger partial charge is 0.379 e. The maximum absolute atomic E-state index is 11.4. The molecule has 5 heteroatoms. The number of aliphatic hydroxyl groups is 1. The Bertz CT molecular complexity index is 516. The third-order valence-electron chi connectivity index (χ3n) is 3.94. The Morgan fingerprint density at radius 1 is 1.05 bits per heavy atom. The summed E-state index contributed by atoms with van der Waals surface area (Å²) >= 11 is 0. The lowest BCUT2D eigenvalue weighted by Crippen LogP contribution is -2.50. The molecule has 0 saturated carbocycles. The van der Waals surface area contributed by atoms with Crippen molar-refractivity contribution in [1.29, 1.82) is 0 Å². The molecule has 3 heterocycles. The molecule has 0 unspecified atom stereocenters. The number of piperazine rings is 1. The molecule has 2 aromatic heterocycles. The first-order valence-corrected chi connectivity index (χ1v) is 7.25. The molecule has 0 radical (unpaired) electrons. The Labute approximate surface area is 124 Å². The van der Waals surface area contributed by atoms with Crippen LogP contribution in [0.15, 0.2) is 49.1 Å². The van der Waals surface area contributed by atoms with Gasteiger partial charge in [-0.05, 0) is 12.1 Å². The van der Waals surface area contributed by atoms with Gasteiger partial charge < -0.3 is 10.4 Å². The first-order chi connectivity index (χ1) is 10.3. The Hall–Kier alpha value is -1.82. The van der Waals surface area contributed by atoms with Crippen LogP contribution in [0, 0.1) is 0 Å². The van der Waals surface area contributed by atoms with Crippen LogP contribution in [-0.4, -0.2) is 52.7 Å². The number of aromatic nitrogens is 2. The van der Waals surface area contributed by atoms with E-state index in [1.165, 1.54) is 0 Å². The van der Waals surface area contributed by atoms with Crippen molar-refractivity contribution in [3.05, 3.63) is 60.2 Å². The standard InChI is InChI=1S/C16H20N4O/c21-16(14-3-1-5-18-11-14,15-4-2-6-19-12-15)13-20-9-7-17-8-10-20/h1-6,11-12,17,21H,7-10,13H2. The van der Waals surface area contributed by atoms with Crippen molar-refractivity contribution >= 4 is 0 Å². The van der Waals surface area contributed by atoms with E-state index in [4.69, 9.17) is 0 Å². The summed E-state index contributed by atoms with van der Waals surface area (Å²) in [5.41, 5.74) is 0.521. The van der Waals surface area contributed by atoms with Crippen LogP contribution in [0.4, 0.5) is 0 Å². The molecular formula is C16H20N4O. The van der Waals surface area contributed by atoms with E-state index < -0.39 is 5.60 Å². The summed E-state index contributed by atoms with van der Waals surface area (Å²) in [7, 11) is 0. The summed E-state index contributed by atoms with van der Waals surface area (Å²) < 4.78 is 0. The molecule has 1 fully saturated rings. The summed E-state index contributed by atoms with van der Waals surface area (Å²) in [6.45, 7) is 4.32. The zero-order chi connectivity index (χ0) is 14.5. The first kappa shape index (κ1) is 14.1. The van der Waals surface area contributed by atoms with E-state index in [0.29, 0.717) is 6.54 Å². The first-order valence-electron chi connectivity index (χ1n) is 7.25. The van der Waals surface area contributed by atoms with Crippen LogP contribution in [0.25, 0.3) is 0 Å². The Kier molecular flexibility index (Phi) is 4.24. The SMILES string of the molecule is OC(CN1CCNCC1)(c1cccnc1)c1cccnc1. The van der Waals surface area contributed by atoms with E-state index in [9.17, 15) is 5.11 Å². The smallest absolute Gasteiger partial charge is 0.130 e. The maximum atomic E-state index is 11.4. The molecule has 3 rings (SSSR count). The highest BCUT2D eigenvalue weighted by molar-refractivity contribution is 5.33. The minimum Gasteiger partial charge on any atom is -0.379 e. The predicted octanol–water partition coefficient (Wildman–Crippen LogP) is 0.618. The lowest BCUT2D eigenvalue weighted by atomic mass is 9.87. The van der Waals surface area contributed by atoms with Crippen LogP contribution in [-0.2, 0) is 5.60 Å². The average Bonchev–Trinajstić information content (AvgIpc) is 2.57. The van der Waals surface area contributed by atoms with Crippen molar-refractivity contribution in [1.82, 2.24) is 20.2 Å². The summed E-state index contributed by atoms with van der Waals surface area (Å²) in [5.74, 6) is 0. The van der Waals surface area contributed by atoms with Gasteiger partial charge in [-0.25, -0.2) is 0 Å². The van der Waals surface area contributed by atoms with E-state index in [2.05, 4.69) is 20.2 Å². The lowest BCUT2D eigenvalue weighted by Gasteiger charge is -2.36. The molecule has 1 saturated heterocycles. The molecule has 0 aliphatic carbocycles. The second kappa shape index (κ2) is 6.30. The van der Waals surface area contributed by atoms with Crippen LogP contribution in [0.3, 0.4) is 0 Å². The second-order valence-electron chi connectivity index (χ2n) is 5.37. The Morgan fingerprint density at radius 2 is 1.62 bits per heavy atom. The summed E-state index contributed by atoms with van der Waals surface area (Å²) in [5, 5.41) is 14.7. The van der Waals surface area contributed by atoms with Crippen molar-refractivity contribution in [2.45, 2.75) is 5.60 Å². The van der Waals surface area contributed by atoms with Gasteiger partial charge >= 0.3 is 0 Å². The van der Waals surface area contributed by atoms with Crippen molar-refractivity contribution in [3.63, 3.8) is 0 Å². The van der Waals surface area contributed by atoms with E-state index in [1.54, 1.807) is 24.8 Å². The van der Waals surface area contributed by atoms with E-state index in [1.807, 2.05) is 24.3 Å². The number of hydrogen-bond donors (Lipinski definition) is 2. The van der Waals surface area contributed by atoms with Crippen LogP contribution in [0.5, 0.6) is 0 Å². The molecule has 2 N–H and O–H groups in total. The van der Waals surface area contributed by atoms with Gasteiger partial charge in [-0.1, -0.05) is 12.1 Å². The maximum Gasteiger partial charge on any atom is 0.130 e. The van der Waals surface area contributed by atoms with Gasteiger partial charge in [0, 0.05) is 68.6 Å². The zero-order valence-corrected chi connectivity index (χ0v) is 11.9. The molecule has 0 aromatic carbocycles. The highest BCUT2D eigenvalue weighted by Gasteiger charge is 2.34. The molecule has 110 valence electrons. The minimum absolute atomic E-state index is 0.548. The van der Waals surface area contributed by atoms with E-state index >= 15 is 0 Å². The molecule has 1 aliphatic heterocycles. The number of pyridine rings is 2. The number of hydrogen-bond acceptors (Lipinski definition) is 5. The third-order valence-corrected chi connectivity index (χ3v) is 3.94. The summed E-state index contributed by atoms with van der Waals surface area (Å²) in [4.78, 5) is 10.6. The van der Waals surface area contributed by atoms with Gasteiger partial charge in [0.05, 0.1) is 0 Å².